The van der Waals surface area contributed by atoms with Gasteiger partial charge in [-0.2, -0.15) is 5.10 Å². The zero-order valence-corrected chi connectivity index (χ0v) is 12.1. The second-order valence-electron chi connectivity index (χ2n) is 4.82. The molecule has 0 spiro atoms. The van der Waals surface area contributed by atoms with Crippen molar-refractivity contribution >= 4 is 6.03 Å². The zero-order chi connectivity index (χ0) is 17.0. The summed E-state index contributed by atoms with van der Waals surface area (Å²) in [6, 6.07) is 2.40. The minimum absolute atomic E-state index is 0.0369. The van der Waals surface area contributed by atoms with Crippen LogP contribution < -0.4 is 5.32 Å². The molecule has 0 aliphatic carbocycles. The van der Waals surface area contributed by atoms with Gasteiger partial charge in [0.1, 0.15) is 11.5 Å². The van der Waals surface area contributed by atoms with Gasteiger partial charge in [-0.1, -0.05) is 0 Å². The Balaban J connectivity index is 1.99. The van der Waals surface area contributed by atoms with Crippen LogP contribution in [0.3, 0.4) is 0 Å². The Kier molecular flexibility index (Phi) is 5.20. The number of carbonyl (C=O) groups is 1. The van der Waals surface area contributed by atoms with E-state index >= 15 is 0 Å². The van der Waals surface area contributed by atoms with E-state index in [1.54, 1.807) is 0 Å². The number of nitrogens with one attached hydrogen (secondary N) is 1. The molecular formula is C14H14F4N4O. The number of aromatic nitrogens is 2. The van der Waals surface area contributed by atoms with Crippen LogP contribution in [0, 0.1) is 11.6 Å². The number of urea groups is 1. The quantitative estimate of drug-likeness (QED) is 0.857. The lowest BCUT2D eigenvalue weighted by Gasteiger charge is -2.16. The summed E-state index contributed by atoms with van der Waals surface area (Å²) in [5, 5.41) is 6.36. The van der Waals surface area contributed by atoms with Crippen LogP contribution in [-0.4, -0.2) is 40.7 Å². The standard InChI is InChI=1S/C14H14F4N4O/c1-21(8-13(17)18)14(23)19-5-9-6-20-22(7-9)12-3-2-10(15)4-11(12)16/h2-4,6-7,13H,5,8H2,1H3,(H,19,23). The monoisotopic (exact) mass is 330 g/mol. The normalized spacial score (nSPS) is 10.9. The Hall–Kier alpha value is -2.58. The van der Waals surface area contributed by atoms with E-state index in [4.69, 9.17) is 0 Å². The maximum Gasteiger partial charge on any atom is 0.317 e. The van der Waals surface area contributed by atoms with E-state index in [1.165, 1.54) is 30.2 Å². The molecule has 2 rings (SSSR count). The van der Waals surface area contributed by atoms with Crippen molar-refractivity contribution in [2.24, 2.45) is 0 Å². The lowest BCUT2D eigenvalue weighted by molar-refractivity contribution is 0.108. The number of hydrogen-bond acceptors (Lipinski definition) is 2. The van der Waals surface area contributed by atoms with Crippen LogP contribution in [0.1, 0.15) is 5.56 Å². The maximum atomic E-state index is 13.6. The van der Waals surface area contributed by atoms with Gasteiger partial charge in [0.2, 0.25) is 0 Å². The van der Waals surface area contributed by atoms with Crippen LogP contribution in [0.5, 0.6) is 0 Å². The first-order valence-corrected chi connectivity index (χ1v) is 6.63. The number of benzene rings is 1. The molecule has 0 fully saturated rings. The molecule has 124 valence electrons. The average molecular weight is 330 g/mol. The smallest absolute Gasteiger partial charge is 0.317 e. The molecule has 23 heavy (non-hydrogen) atoms. The van der Waals surface area contributed by atoms with Crippen LogP contribution >= 0.6 is 0 Å². The summed E-state index contributed by atoms with van der Waals surface area (Å²) in [5.41, 5.74) is 0.589. The van der Waals surface area contributed by atoms with Gasteiger partial charge in [0.15, 0.2) is 5.82 Å². The molecule has 1 aromatic heterocycles. The van der Waals surface area contributed by atoms with Crippen molar-refractivity contribution in [1.82, 2.24) is 20.0 Å². The third-order valence-electron chi connectivity index (χ3n) is 2.99. The van der Waals surface area contributed by atoms with Crippen LogP contribution in [0.15, 0.2) is 30.6 Å². The summed E-state index contributed by atoms with van der Waals surface area (Å²) in [6.45, 7) is -0.638. The van der Waals surface area contributed by atoms with Gasteiger partial charge in [-0.05, 0) is 12.1 Å². The molecule has 0 unspecified atom stereocenters. The fourth-order valence-electron chi connectivity index (χ4n) is 1.85. The summed E-state index contributed by atoms with van der Waals surface area (Å²) in [4.78, 5) is 12.4. The molecule has 0 aliphatic heterocycles. The molecule has 2 aromatic rings. The van der Waals surface area contributed by atoms with Gasteiger partial charge >= 0.3 is 6.03 Å². The molecule has 0 atom stereocenters. The van der Waals surface area contributed by atoms with Crippen molar-refractivity contribution in [2.45, 2.75) is 13.0 Å². The van der Waals surface area contributed by atoms with Crippen molar-refractivity contribution in [3.8, 4) is 5.69 Å². The first-order chi connectivity index (χ1) is 10.9. The molecule has 1 heterocycles. The van der Waals surface area contributed by atoms with Gasteiger partial charge in [-0.15, -0.1) is 0 Å². The first kappa shape index (κ1) is 16.8. The van der Waals surface area contributed by atoms with Gasteiger partial charge < -0.3 is 10.2 Å². The SMILES string of the molecule is CN(CC(F)F)C(=O)NCc1cnn(-c2ccc(F)cc2F)c1. The van der Waals surface area contributed by atoms with Crippen LogP contribution in [0.2, 0.25) is 0 Å². The molecular weight excluding hydrogens is 316 g/mol. The van der Waals surface area contributed by atoms with E-state index in [2.05, 4.69) is 10.4 Å². The highest BCUT2D eigenvalue weighted by atomic mass is 19.3. The number of nitrogens with zero attached hydrogens (tertiary/aromatic N) is 3. The highest BCUT2D eigenvalue weighted by Crippen LogP contribution is 2.14. The Bertz CT molecular complexity index is 689. The second kappa shape index (κ2) is 7.12. The number of amides is 2. The van der Waals surface area contributed by atoms with Crippen LogP contribution in [0.25, 0.3) is 5.69 Å². The summed E-state index contributed by atoms with van der Waals surface area (Å²) in [7, 11) is 1.25. The van der Waals surface area contributed by atoms with E-state index in [1.807, 2.05) is 0 Å². The highest BCUT2D eigenvalue weighted by molar-refractivity contribution is 5.73. The lowest BCUT2D eigenvalue weighted by Crippen LogP contribution is -2.39. The number of alkyl halides is 2. The molecule has 0 saturated heterocycles. The molecule has 1 aromatic carbocycles. The van der Waals surface area contributed by atoms with Gasteiger partial charge in [-0.25, -0.2) is 27.0 Å². The number of hydrogen-bond donors (Lipinski definition) is 1. The summed E-state index contributed by atoms with van der Waals surface area (Å²) < 4.78 is 52.0. The molecule has 0 saturated carbocycles. The van der Waals surface area contributed by atoms with Gasteiger partial charge in [0.25, 0.3) is 6.43 Å². The zero-order valence-electron chi connectivity index (χ0n) is 12.1. The van der Waals surface area contributed by atoms with Crippen LogP contribution in [-0.2, 0) is 6.54 Å². The van der Waals surface area contributed by atoms with E-state index in [0.29, 0.717) is 5.56 Å². The van der Waals surface area contributed by atoms with E-state index in [-0.39, 0.29) is 12.2 Å². The van der Waals surface area contributed by atoms with Crippen molar-refractivity contribution in [3.05, 3.63) is 47.8 Å². The maximum absolute atomic E-state index is 13.6. The third kappa shape index (κ3) is 4.44. The lowest BCUT2D eigenvalue weighted by atomic mass is 10.3. The fourth-order valence-corrected chi connectivity index (χ4v) is 1.85. The number of rotatable bonds is 5. The second-order valence-corrected chi connectivity index (χ2v) is 4.82. The minimum atomic E-state index is -2.62. The van der Waals surface area contributed by atoms with E-state index < -0.39 is 30.6 Å². The topological polar surface area (TPSA) is 50.2 Å². The fraction of sp³-hybridized carbons (Fsp3) is 0.286. The molecule has 2 amide bonds. The molecule has 5 nitrogen and oxygen atoms in total. The predicted molar refractivity (Wildman–Crippen MR) is 74.3 cm³/mol. The van der Waals surface area contributed by atoms with Crippen molar-refractivity contribution in [2.75, 3.05) is 13.6 Å². The molecule has 9 heteroatoms. The predicted octanol–water partition coefficient (Wildman–Crippen LogP) is 2.56. The molecule has 0 bridgehead atoms. The van der Waals surface area contributed by atoms with Crippen LogP contribution in [0.4, 0.5) is 22.4 Å². The summed E-state index contributed by atoms with van der Waals surface area (Å²) >= 11 is 0. The molecule has 0 aliphatic rings. The largest absolute Gasteiger partial charge is 0.334 e. The number of halogens is 4. The van der Waals surface area contributed by atoms with Gasteiger partial charge in [0, 0.05) is 31.4 Å². The average Bonchev–Trinajstić information content (AvgIpc) is 2.92. The first-order valence-electron chi connectivity index (χ1n) is 6.63. The Morgan fingerprint density at radius 3 is 2.78 bits per heavy atom. The molecule has 0 radical (unpaired) electrons. The van der Waals surface area contributed by atoms with Gasteiger partial charge in [-0.3, -0.25) is 0 Å². The summed E-state index contributed by atoms with van der Waals surface area (Å²) in [5.74, 6) is -1.48. The Morgan fingerprint density at radius 2 is 2.13 bits per heavy atom. The Morgan fingerprint density at radius 1 is 1.39 bits per heavy atom. The number of carbonyl (C=O) groups excluding carboxylic acids is 1. The Labute approximate surface area is 129 Å². The van der Waals surface area contributed by atoms with Gasteiger partial charge in [0.05, 0.1) is 12.7 Å². The van der Waals surface area contributed by atoms with E-state index in [0.717, 1.165) is 17.0 Å². The van der Waals surface area contributed by atoms with Crippen molar-refractivity contribution in [1.29, 1.82) is 0 Å². The highest BCUT2D eigenvalue weighted by Gasteiger charge is 2.14. The van der Waals surface area contributed by atoms with Crippen molar-refractivity contribution in [3.63, 3.8) is 0 Å². The summed E-state index contributed by atoms with van der Waals surface area (Å²) in [6.07, 6.45) is 0.217. The third-order valence-corrected chi connectivity index (χ3v) is 2.99. The molecule has 1 N–H and O–H groups in total. The van der Waals surface area contributed by atoms with E-state index in [9.17, 15) is 22.4 Å². The van der Waals surface area contributed by atoms with Crippen molar-refractivity contribution < 1.29 is 22.4 Å². The minimum Gasteiger partial charge on any atom is -0.334 e.